The lowest BCUT2D eigenvalue weighted by Crippen LogP contribution is -2.29. The zero-order valence-corrected chi connectivity index (χ0v) is 18.2. The first kappa shape index (κ1) is 19.4. The molecule has 0 aliphatic carbocycles. The molecule has 5 rings (SSSR count). The molecule has 10 heteroatoms. The molecule has 30 heavy (non-hydrogen) atoms. The summed E-state index contributed by atoms with van der Waals surface area (Å²) in [5.74, 6) is 0.348. The molecule has 2 N–H and O–H groups in total. The number of imidazole rings is 1. The Morgan fingerprint density at radius 2 is 1.93 bits per heavy atom. The van der Waals surface area contributed by atoms with E-state index in [1.54, 1.807) is 28.8 Å². The van der Waals surface area contributed by atoms with Crippen LogP contribution < -0.4 is 5.32 Å². The van der Waals surface area contributed by atoms with Crippen LogP contribution >= 0.6 is 22.7 Å². The summed E-state index contributed by atoms with van der Waals surface area (Å²) < 4.78 is 27.3. The minimum Gasteiger partial charge on any atom is -0.337 e. The van der Waals surface area contributed by atoms with E-state index in [0.717, 1.165) is 45.9 Å². The summed E-state index contributed by atoms with van der Waals surface area (Å²) in [5.41, 5.74) is 2.17. The normalized spacial score (nSPS) is 15.1. The number of aromatic amines is 1. The van der Waals surface area contributed by atoms with Gasteiger partial charge in [0, 0.05) is 18.8 Å². The molecule has 1 fully saturated rings. The van der Waals surface area contributed by atoms with E-state index in [-0.39, 0.29) is 9.77 Å². The van der Waals surface area contributed by atoms with Gasteiger partial charge in [0.25, 0.3) is 5.91 Å². The van der Waals surface area contributed by atoms with Crippen LogP contribution in [0.3, 0.4) is 0 Å². The highest BCUT2D eigenvalue weighted by Gasteiger charge is 2.31. The van der Waals surface area contributed by atoms with Crippen LogP contribution in [-0.2, 0) is 10.0 Å². The zero-order valence-electron chi connectivity index (χ0n) is 15.8. The Hall–Kier alpha value is -2.53. The number of benzene rings is 1. The van der Waals surface area contributed by atoms with Gasteiger partial charge < -0.3 is 10.3 Å². The van der Waals surface area contributed by atoms with Gasteiger partial charge in [-0.1, -0.05) is 6.07 Å². The largest absolute Gasteiger partial charge is 0.337 e. The third-order valence-electron chi connectivity index (χ3n) is 5.01. The monoisotopic (exact) mass is 458 g/mol. The van der Waals surface area contributed by atoms with Crippen LogP contribution in [0.4, 0.5) is 5.69 Å². The number of hydrogen-bond acceptors (Lipinski definition) is 6. The smallest absolute Gasteiger partial charge is 0.267 e. The number of anilines is 1. The Morgan fingerprint density at radius 3 is 2.70 bits per heavy atom. The van der Waals surface area contributed by atoms with Gasteiger partial charge in [0.1, 0.15) is 15.6 Å². The van der Waals surface area contributed by atoms with Crippen molar-refractivity contribution < 1.29 is 13.2 Å². The Bertz CT molecular complexity index is 1320. The number of nitrogens with one attached hydrogen (secondary N) is 2. The van der Waals surface area contributed by atoms with Gasteiger partial charge in [-0.05, 0) is 53.9 Å². The van der Waals surface area contributed by atoms with Gasteiger partial charge in [-0.2, -0.15) is 4.31 Å². The number of aromatic nitrogens is 2. The Kier molecular flexibility index (Phi) is 4.94. The van der Waals surface area contributed by atoms with Gasteiger partial charge in [0.05, 0.1) is 15.9 Å². The van der Waals surface area contributed by atoms with Crippen LogP contribution in [0, 0.1) is 0 Å². The minimum absolute atomic E-state index is 0.0782. The first-order valence-corrected chi connectivity index (χ1v) is 12.6. The Labute approximate surface area is 181 Å². The van der Waals surface area contributed by atoms with Crippen molar-refractivity contribution in [1.29, 1.82) is 0 Å². The molecule has 7 nitrogen and oxygen atoms in total. The topological polar surface area (TPSA) is 95.2 Å². The van der Waals surface area contributed by atoms with E-state index in [2.05, 4.69) is 15.3 Å². The third kappa shape index (κ3) is 3.45. The maximum atomic E-state index is 12.9. The second kappa shape index (κ2) is 7.62. The molecular formula is C20H18N4O3S3. The van der Waals surface area contributed by atoms with Crippen LogP contribution in [0.1, 0.15) is 22.5 Å². The van der Waals surface area contributed by atoms with E-state index >= 15 is 0 Å². The zero-order chi connectivity index (χ0) is 20.7. The molecule has 1 aliphatic rings. The summed E-state index contributed by atoms with van der Waals surface area (Å²) in [6.45, 7) is 1.00. The van der Waals surface area contributed by atoms with Crippen LogP contribution in [-0.4, -0.2) is 41.7 Å². The maximum Gasteiger partial charge on any atom is 0.267 e. The molecule has 1 aliphatic heterocycles. The Morgan fingerprint density at radius 1 is 1.10 bits per heavy atom. The van der Waals surface area contributed by atoms with E-state index in [4.69, 9.17) is 0 Å². The summed E-state index contributed by atoms with van der Waals surface area (Å²) in [7, 11) is -3.65. The molecule has 0 bridgehead atoms. The summed E-state index contributed by atoms with van der Waals surface area (Å²) in [5, 5.41) is 6.46. The molecule has 1 saturated heterocycles. The summed E-state index contributed by atoms with van der Waals surface area (Å²) in [4.78, 5) is 22.0. The van der Waals surface area contributed by atoms with Crippen molar-refractivity contribution >= 4 is 55.3 Å². The first-order valence-electron chi connectivity index (χ1n) is 9.45. The molecule has 4 heterocycles. The molecule has 1 aromatic carbocycles. The molecule has 154 valence electrons. The number of sulfonamides is 1. The van der Waals surface area contributed by atoms with E-state index < -0.39 is 15.9 Å². The standard InChI is InChI=1S/C20H18N4O3S3/c25-20(18-17(7-11-29-18)30(26,27)24-8-1-2-9-24)21-13-5-6-14-15(12-13)23-19(22-14)16-4-3-10-28-16/h3-7,10-12H,1-2,8-9H2,(H,21,25)(H,22,23). The average Bonchev–Trinajstić information content (AvgIpc) is 3.54. The Balaban J connectivity index is 1.41. The average molecular weight is 459 g/mol. The molecule has 3 aromatic heterocycles. The number of carbonyl (C=O) groups excluding carboxylic acids is 1. The number of thiophene rings is 2. The predicted molar refractivity (Wildman–Crippen MR) is 120 cm³/mol. The molecular weight excluding hydrogens is 440 g/mol. The second-order valence-electron chi connectivity index (χ2n) is 6.97. The molecule has 4 aromatic rings. The van der Waals surface area contributed by atoms with Gasteiger partial charge in [-0.15, -0.1) is 22.7 Å². The quantitative estimate of drug-likeness (QED) is 0.464. The van der Waals surface area contributed by atoms with E-state index in [1.165, 1.54) is 10.4 Å². The fourth-order valence-corrected chi connectivity index (χ4v) is 7.02. The first-order chi connectivity index (χ1) is 14.5. The van der Waals surface area contributed by atoms with Crippen molar-refractivity contribution in [2.24, 2.45) is 0 Å². The number of carbonyl (C=O) groups is 1. The lowest BCUT2D eigenvalue weighted by atomic mass is 10.2. The van der Waals surface area contributed by atoms with Crippen molar-refractivity contribution in [3.05, 3.63) is 52.0 Å². The fourth-order valence-electron chi connectivity index (χ4n) is 3.54. The number of hydrogen-bond donors (Lipinski definition) is 2. The van der Waals surface area contributed by atoms with Crippen LogP contribution in [0.5, 0.6) is 0 Å². The summed E-state index contributed by atoms with van der Waals surface area (Å²) in [6.07, 6.45) is 1.70. The lowest BCUT2D eigenvalue weighted by Gasteiger charge is -2.15. The van der Waals surface area contributed by atoms with Gasteiger partial charge in [0.2, 0.25) is 10.0 Å². The van der Waals surface area contributed by atoms with Crippen molar-refractivity contribution in [2.45, 2.75) is 17.7 Å². The number of amides is 1. The summed E-state index contributed by atoms with van der Waals surface area (Å²) in [6, 6.07) is 10.9. The van der Waals surface area contributed by atoms with Gasteiger partial charge in [-0.3, -0.25) is 4.79 Å². The number of H-pyrrole nitrogens is 1. The van der Waals surface area contributed by atoms with Gasteiger partial charge >= 0.3 is 0 Å². The number of rotatable bonds is 5. The molecule has 0 unspecified atom stereocenters. The lowest BCUT2D eigenvalue weighted by molar-refractivity contribution is 0.102. The van der Waals surface area contributed by atoms with Crippen LogP contribution in [0.25, 0.3) is 21.7 Å². The van der Waals surface area contributed by atoms with Crippen molar-refractivity contribution in [3.8, 4) is 10.7 Å². The van der Waals surface area contributed by atoms with Crippen LogP contribution in [0.15, 0.2) is 52.1 Å². The van der Waals surface area contributed by atoms with Gasteiger partial charge in [0.15, 0.2) is 0 Å². The molecule has 0 radical (unpaired) electrons. The maximum absolute atomic E-state index is 12.9. The second-order valence-corrected chi connectivity index (χ2v) is 10.7. The van der Waals surface area contributed by atoms with E-state index in [1.807, 2.05) is 23.6 Å². The predicted octanol–water partition coefficient (Wildman–Crippen LogP) is 4.39. The van der Waals surface area contributed by atoms with Crippen molar-refractivity contribution in [1.82, 2.24) is 14.3 Å². The van der Waals surface area contributed by atoms with Crippen molar-refractivity contribution in [3.63, 3.8) is 0 Å². The highest BCUT2D eigenvalue weighted by molar-refractivity contribution is 7.89. The number of nitrogens with zero attached hydrogens (tertiary/aromatic N) is 2. The van der Waals surface area contributed by atoms with E-state index in [9.17, 15) is 13.2 Å². The molecule has 0 atom stereocenters. The number of fused-ring (bicyclic) bond motifs is 1. The van der Waals surface area contributed by atoms with Crippen molar-refractivity contribution in [2.75, 3.05) is 18.4 Å². The van der Waals surface area contributed by atoms with Crippen LogP contribution in [0.2, 0.25) is 0 Å². The minimum atomic E-state index is -3.65. The van der Waals surface area contributed by atoms with E-state index in [0.29, 0.717) is 18.8 Å². The summed E-state index contributed by atoms with van der Waals surface area (Å²) >= 11 is 2.73. The highest BCUT2D eigenvalue weighted by Crippen LogP contribution is 2.29. The molecule has 0 saturated carbocycles. The molecule has 1 amide bonds. The SMILES string of the molecule is O=C(Nc1ccc2nc(-c3cccs3)[nH]c2c1)c1sccc1S(=O)(=O)N1CCCC1. The molecule has 0 spiro atoms. The third-order valence-corrected chi connectivity index (χ3v) is 8.87. The highest BCUT2D eigenvalue weighted by atomic mass is 32.2. The fraction of sp³-hybridized carbons (Fsp3) is 0.200. The van der Waals surface area contributed by atoms with Gasteiger partial charge in [-0.25, -0.2) is 13.4 Å².